The molecule has 0 saturated heterocycles. The average molecular weight is 409 g/mol. The number of hydrogen-bond acceptors (Lipinski definition) is 7. The number of fused-ring (bicyclic) bond motifs is 2. The molecule has 0 atom stereocenters. The van der Waals surface area contributed by atoms with E-state index in [1.807, 2.05) is 0 Å². The first-order valence-corrected chi connectivity index (χ1v) is 8.73. The zero-order valence-electron chi connectivity index (χ0n) is 15.1. The monoisotopic (exact) mass is 408 g/mol. The fourth-order valence-electron chi connectivity index (χ4n) is 2.96. The standard InChI is InChI=1S/C21H13ClN2O5/c1-10(24)15(8-23)16(25)9-29-21(28)14-7-6-13-17(18(14)22)20(27)12-5-3-2-4-11(12)19(13)26/h2-7H,9,24H2,1H3. The third-order valence-corrected chi connectivity index (χ3v) is 4.76. The van der Waals surface area contributed by atoms with E-state index in [-0.39, 0.29) is 49.9 Å². The molecule has 2 aromatic rings. The molecule has 3 rings (SSSR count). The van der Waals surface area contributed by atoms with Crippen LogP contribution in [0.2, 0.25) is 5.02 Å². The number of ether oxygens (including phenoxy) is 1. The lowest BCUT2D eigenvalue weighted by Gasteiger charge is -2.19. The summed E-state index contributed by atoms with van der Waals surface area (Å²) in [7, 11) is 0. The Morgan fingerprint density at radius 2 is 1.69 bits per heavy atom. The van der Waals surface area contributed by atoms with E-state index in [1.165, 1.54) is 25.1 Å². The lowest BCUT2D eigenvalue weighted by Crippen LogP contribution is -2.23. The SMILES string of the molecule is CC(N)=C(C#N)C(=O)COC(=O)c1ccc2c(c1Cl)C(=O)c1ccccc1C2=O. The third-order valence-electron chi connectivity index (χ3n) is 4.37. The van der Waals surface area contributed by atoms with Gasteiger partial charge in [0.25, 0.3) is 0 Å². The molecule has 0 aliphatic heterocycles. The number of carbonyl (C=O) groups excluding carboxylic acids is 4. The Morgan fingerprint density at radius 3 is 2.28 bits per heavy atom. The van der Waals surface area contributed by atoms with Gasteiger partial charge in [0, 0.05) is 22.4 Å². The molecule has 0 spiro atoms. The highest BCUT2D eigenvalue weighted by atomic mass is 35.5. The number of halogens is 1. The molecule has 1 aliphatic rings. The van der Waals surface area contributed by atoms with Crippen molar-refractivity contribution < 1.29 is 23.9 Å². The molecule has 7 nitrogen and oxygen atoms in total. The van der Waals surface area contributed by atoms with Gasteiger partial charge in [-0.1, -0.05) is 35.9 Å². The van der Waals surface area contributed by atoms with Gasteiger partial charge in [-0.2, -0.15) is 5.26 Å². The van der Waals surface area contributed by atoms with Crippen LogP contribution in [0.3, 0.4) is 0 Å². The molecule has 0 unspecified atom stereocenters. The van der Waals surface area contributed by atoms with Gasteiger partial charge in [0.05, 0.1) is 16.1 Å². The maximum absolute atomic E-state index is 12.8. The maximum atomic E-state index is 12.8. The fraction of sp³-hybridized carbons (Fsp3) is 0.0952. The van der Waals surface area contributed by atoms with Crippen molar-refractivity contribution >= 4 is 34.9 Å². The lowest BCUT2D eigenvalue weighted by molar-refractivity contribution is -0.118. The zero-order valence-corrected chi connectivity index (χ0v) is 15.9. The van der Waals surface area contributed by atoms with Crippen molar-refractivity contribution in [1.82, 2.24) is 0 Å². The number of ketones is 3. The molecule has 0 saturated carbocycles. The molecule has 2 aromatic carbocycles. The number of nitriles is 1. The molecule has 29 heavy (non-hydrogen) atoms. The van der Waals surface area contributed by atoms with Crippen LogP contribution in [0.25, 0.3) is 0 Å². The van der Waals surface area contributed by atoms with Crippen molar-refractivity contribution in [3.8, 4) is 6.07 Å². The molecular weight excluding hydrogens is 396 g/mol. The Kier molecular flexibility index (Phi) is 5.31. The van der Waals surface area contributed by atoms with Crippen LogP contribution in [-0.2, 0) is 9.53 Å². The molecule has 8 heteroatoms. The van der Waals surface area contributed by atoms with Crippen molar-refractivity contribution in [1.29, 1.82) is 5.26 Å². The van der Waals surface area contributed by atoms with Crippen LogP contribution >= 0.6 is 11.6 Å². The van der Waals surface area contributed by atoms with E-state index in [9.17, 15) is 19.2 Å². The number of Topliss-reactive ketones (excluding diaryl/α,β-unsaturated/α-hetero) is 1. The Labute approximate surface area is 170 Å². The van der Waals surface area contributed by atoms with Crippen LogP contribution in [0.4, 0.5) is 0 Å². The number of nitrogens with two attached hydrogens (primary N) is 1. The molecule has 1 aliphatic carbocycles. The third kappa shape index (κ3) is 3.42. The van der Waals surface area contributed by atoms with Crippen molar-refractivity contribution in [3.63, 3.8) is 0 Å². The summed E-state index contributed by atoms with van der Waals surface area (Å²) in [6, 6.07) is 10.5. The largest absolute Gasteiger partial charge is 0.454 e. The number of benzene rings is 2. The number of hydrogen-bond donors (Lipinski definition) is 1. The van der Waals surface area contributed by atoms with Gasteiger partial charge in [-0.25, -0.2) is 4.79 Å². The Morgan fingerprint density at radius 1 is 1.07 bits per heavy atom. The first kappa shape index (κ1) is 20.0. The van der Waals surface area contributed by atoms with Crippen molar-refractivity contribution in [2.45, 2.75) is 6.92 Å². The van der Waals surface area contributed by atoms with Crippen LogP contribution in [0.1, 0.15) is 49.1 Å². The molecule has 144 valence electrons. The van der Waals surface area contributed by atoms with E-state index < -0.39 is 24.1 Å². The van der Waals surface area contributed by atoms with Gasteiger partial charge >= 0.3 is 5.97 Å². The normalized spacial score (nSPS) is 13.0. The minimum atomic E-state index is -0.975. The Hall–Kier alpha value is -3.76. The fourth-order valence-corrected chi connectivity index (χ4v) is 3.28. The van der Waals surface area contributed by atoms with Crippen molar-refractivity contribution in [2.24, 2.45) is 5.73 Å². The molecular formula is C21H13ClN2O5. The molecule has 0 fully saturated rings. The molecule has 0 radical (unpaired) electrons. The summed E-state index contributed by atoms with van der Waals surface area (Å²) in [4.78, 5) is 49.8. The van der Waals surface area contributed by atoms with Crippen LogP contribution in [0, 0.1) is 11.3 Å². The second-order valence-corrected chi connectivity index (χ2v) is 6.60. The molecule has 0 heterocycles. The Balaban J connectivity index is 1.92. The van der Waals surface area contributed by atoms with Gasteiger partial charge in [-0.15, -0.1) is 0 Å². The quantitative estimate of drug-likeness (QED) is 0.399. The van der Waals surface area contributed by atoms with E-state index in [2.05, 4.69) is 0 Å². The summed E-state index contributed by atoms with van der Waals surface area (Å²) >= 11 is 6.26. The smallest absolute Gasteiger partial charge is 0.340 e. The molecule has 2 N–H and O–H groups in total. The van der Waals surface area contributed by atoms with Crippen molar-refractivity contribution in [3.05, 3.63) is 80.5 Å². The number of rotatable bonds is 4. The number of allylic oxidation sites excluding steroid dienone is 1. The molecule has 0 bridgehead atoms. The van der Waals surface area contributed by atoms with Gasteiger partial charge in [-0.3, -0.25) is 14.4 Å². The minimum Gasteiger partial charge on any atom is -0.454 e. The predicted octanol–water partition coefficient (Wildman–Crippen LogP) is 2.60. The highest BCUT2D eigenvalue weighted by molar-refractivity contribution is 6.41. The van der Waals surface area contributed by atoms with Crippen LogP contribution in [-0.4, -0.2) is 29.9 Å². The van der Waals surface area contributed by atoms with Crippen LogP contribution < -0.4 is 5.73 Å². The highest BCUT2D eigenvalue weighted by Crippen LogP contribution is 2.34. The predicted molar refractivity (Wildman–Crippen MR) is 103 cm³/mol. The zero-order chi connectivity index (χ0) is 21.3. The topological polar surface area (TPSA) is 127 Å². The molecule has 0 amide bonds. The highest BCUT2D eigenvalue weighted by Gasteiger charge is 2.33. The number of carbonyl (C=O) groups is 4. The van der Waals surface area contributed by atoms with Gasteiger partial charge in [-0.05, 0) is 19.1 Å². The van der Waals surface area contributed by atoms with Crippen LogP contribution in [0.15, 0.2) is 47.7 Å². The van der Waals surface area contributed by atoms with Gasteiger partial charge in [0.15, 0.2) is 18.2 Å². The summed E-state index contributed by atoms with van der Waals surface area (Å²) in [6.07, 6.45) is 0. The van der Waals surface area contributed by atoms with E-state index in [1.54, 1.807) is 24.3 Å². The minimum absolute atomic E-state index is 0.00290. The number of esters is 1. The summed E-state index contributed by atoms with van der Waals surface area (Å²) in [6.45, 7) is 0.651. The van der Waals surface area contributed by atoms with Gasteiger partial charge in [0.1, 0.15) is 11.6 Å². The summed E-state index contributed by atoms with van der Waals surface area (Å²) in [5.74, 6) is -2.61. The average Bonchev–Trinajstić information content (AvgIpc) is 2.70. The first-order chi connectivity index (χ1) is 13.8. The molecule has 0 aromatic heterocycles. The summed E-state index contributed by atoms with van der Waals surface area (Å²) in [5.41, 5.74) is 5.39. The first-order valence-electron chi connectivity index (χ1n) is 8.35. The van der Waals surface area contributed by atoms with E-state index >= 15 is 0 Å². The van der Waals surface area contributed by atoms with Crippen molar-refractivity contribution in [2.75, 3.05) is 6.61 Å². The summed E-state index contributed by atoms with van der Waals surface area (Å²) in [5, 5.41) is 8.68. The lowest BCUT2D eigenvalue weighted by atomic mass is 9.83. The Bertz CT molecular complexity index is 1170. The van der Waals surface area contributed by atoms with E-state index in [0.717, 1.165) is 0 Å². The number of nitrogens with zero attached hydrogens (tertiary/aromatic N) is 1. The summed E-state index contributed by atoms with van der Waals surface area (Å²) < 4.78 is 4.92. The van der Waals surface area contributed by atoms with Crippen LogP contribution in [0.5, 0.6) is 0 Å². The second-order valence-electron chi connectivity index (χ2n) is 6.22. The van der Waals surface area contributed by atoms with E-state index in [4.69, 9.17) is 27.3 Å². The second kappa shape index (κ2) is 7.70. The van der Waals surface area contributed by atoms with Gasteiger partial charge in [0.2, 0.25) is 5.78 Å². The van der Waals surface area contributed by atoms with Gasteiger partial charge < -0.3 is 10.5 Å². The maximum Gasteiger partial charge on any atom is 0.340 e. The van der Waals surface area contributed by atoms with E-state index in [0.29, 0.717) is 0 Å².